The predicted molar refractivity (Wildman–Crippen MR) is 104 cm³/mol. The van der Waals surface area contributed by atoms with Crippen molar-refractivity contribution < 1.29 is 33.3 Å². The van der Waals surface area contributed by atoms with Crippen LogP contribution in [0.25, 0.3) is 0 Å². The summed E-state index contributed by atoms with van der Waals surface area (Å²) in [5.41, 5.74) is -1.26. The average Bonchev–Trinajstić information content (AvgIpc) is 2.93. The van der Waals surface area contributed by atoms with Crippen molar-refractivity contribution in [2.24, 2.45) is 5.92 Å². The summed E-state index contributed by atoms with van der Waals surface area (Å²) >= 11 is 3.36. The van der Waals surface area contributed by atoms with Crippen LogP contribution in [0.15, 0.2) is 34.0 Å². The largest absolute Gasteiger partial charge is 0.466 e. The normalized spacial score (nSPS) is 22.8. The van der Waals surface area contributed by atoms with Crippen LogP contribution in [0.1, 0.15) is 12.5 Å². The van der Waals surface area contributed by atoms with Gasteiger partial charge in [-0.1, -0.05) is 15.9 Å². The molecule has 0 aliphatic carbocycles. The van der Waals surface area contributed by atoms with Crippen molar-refractivity contribution in [3.8, 4) is 0 Å². The van der Waals surface area contributed by atoms with Crippen molar-refractivity contribution in [3.05, 3.63) is 39.6 Å². The third-order valence-corrected chi connectivity index (χ3v) is 5.37. The van der Waals surface area contributed by atoms with E-state index in [2.05, 4.69) is 21.2 Å². The molecule has 0 radical (unpaired) electrons. The number of hydrogen-bond acceptors (Lipinski definition) is 8. The minimum atomic E-state index is -1.87. The van der Waals surface area contributed by atoms with Crippen LogP contribution in [0.3, 0.4) is 0 Å². The highest BCUT2D eigenvalue weighted by molar-refractivity contribution is 9.10. The lowest BCUT2D eigenvalue weighted by molar-refractivity contribution is -0.152. The molecule has 0 aromatic heterocycles. The van der Waals surface area contributed by atoms with Gasteiger partial charge in [0.05, 0.1) is 19.3 Å². The number of hydrogen-bond donors (Lipinski definition) is 2. The third-order valence-electron chi connectivity index (χ3n) is 4.87. The summed E-state index contributed by atoms with van der Waals surface area (Å²) in [5.74, 6) is -4.39. The molecule has 2 aliphatic rings. The molecule has 0 saturated carbocycles. The van der Waals surface area contributed by atoms with Gasteiger partial charge < -0.3 is 24.3 Å². The molecule has 29 heavy (non-hydrogen) atoms. The minimum Gasteiger partial charge on any atom is -0.466 e. The number of fused-ring (bicyclic) bond motifs is 2. The van der Waals surface area contributed by atoms with Gasteiger partial charge in [-0.25, -0.2) is 4.79 Å². The lowest BCUT2D eigenvalue weighted by Gasteiger charge is -2.39. The lowest BCUT2D eigenvalue weighted by atomic mass is 9.64. The molecule has 2 heterocycles. The zero-order valence-corrected chi connectivity index (χ0v) is 17.5. The number of anilines is 1. The second-order valence-electron chi connectivity index (χ2n) is 6.43. The Balaban J connectivity index is 2.28. The molecule has 1 amide bonds. The lowest BCUT2D eigenvalue weighted by Crippen LogP contribution is -2.55. The maximum absolute atomic E-state index is 13.3. The number of esters is 2. The zero-order chi connectivity index (χ0) is 21.3. The summed E-state index contributed by atoms with van der Waals surface area (Å²) in [6.45, 7) is 1.49. The van der Waals surface area contributed by atoms with E-state index in [0.29, 0.717) is 15.7 Å². The standard InChI is InChI=1S/C19H19BrN2O7/c1-9-13(16(23)27-3)19(11-8-10(20)4-5-12(11)22-18(19)25)14(15(21)29-9)17(24)28-7-6-26-2/h4-5,8,14,21H,6-7H2,1-3H3,(H,22,25). The zero-order valence-electron chi connectivity index (χ0n) is 16.0. The highest BCUT2D eigenvalue weighted by Crippen LogP contribution is 2.53. The number of carbonyl (C=O) groups excluding carboxylic acids is 3. The summed E-state index contributed by atoms with van der Waals surface area (Å²) in [5, 5.41) is 11.0. The molecule has 9 nitrogen and oxygen atoms in total. The van der Waals surface area contributed by atoms with Gasteiger partial charge in [0, 0.05) is 17.3 Å². The maximum atomic E-state index is 13.3. The van der Waals surface area contributed by atoms with Gasteiger partial charge in [-0.05, 0) is 30.7 Å². The quantitative estimate of drug-likeness (QED) is 0.501. The fourth-order valence-electron chi connectivity index (χ4n) is 3.72. The highest BCUT2D eigenvalue weighted by atomic mass is 79.9. The Morgan fingerprint density at radius 3 is 2.69 bits per heavy atom. The van der Waals surface area contributed by atoms with Crippen LogP contribution >= 0.6 is 15.9 Å². The van der Waals surface area contributed by atoms with E-state index in [0.717, 1.165) is 7.11 Å². The first-order valence-corrected chi connectivity index (χ1v) is 9.41. The number of ether oxygens (including phenoxy) is 4. The third kappa shape index (κ3) is 3.22. The van der Waals surface area contributed by atoms with Crippen LogP contribution in [-0.2, 0) is 38.7 Å². The predicted octanol–water partition coefficient (Wildman–Crippen LogP) is 1.90. The second-order valence-corrected chi connectivity index (χ2v) is 7.35. The molecular weight excluding hydrogens is 448 g/mol. The summed E-state index contributed by atoms with van der Waals surface area (Å²) in [7, 11) is 2.61. The monoisotopic (exact) mass is 466 g/mol. The van der Waals surface area contributed by atoms with Crippen molar-refractivity contribution >= 4 is 45.4 Å². The summed E-state index contributed by atoms with van der Waals surface area (Å²) in [6.07, 6.45) is 0. The number of carbonyl (C=O) groups is 3. The van der Waals surface area contributed by atoms with Crippen LogP contribution in [0.4, 0.5) is 5.69 Å². The average molecular weight is 467 g/mol. The van der Waals surface area contributed by atoms with Crippen LogP contribution < -0.4 is 5.32 Å². The molecule has 2 aliphatic heterocycles. The maximum Gasteiger partial charge on any atom is 0.338 e. The Morgan fingerprint density at radius 2 is 2.03 bits per heavy atom. The van der Waals surface area contributed by atoms with Gasteiger partial charge >= 0.3 is 11.9 Å². The fourth-order valence-corrected chi connectivity index (χ4v) is 4.08. The van der Waals surface area contributed by atoms with E-state index >= 15 is 0 Å². The van der Waals surface area contributed by atoms with Gasteiger partial charge in [-0.3, -0.25) is 15.0 Å². The Hall–Kier alpha value is -2.72. The number of benzene rings is 1. The molecule has 0 fully saturated rings. The van der Waals surface area contributed by atoms with E-state index in [9.17, 15) is 14.4 Å². The van der Waals surface area contributed by atoms with Crippen LogP contribution in [0.2, 0.25) is 0 Å². The molecule has 10 heteroatoms. The topological polar surface area (TPSA) is 124 Å². The fraction of sp³-hybridized carbons (Fsp3) is 0.368. The molecule has 0 bridgehead atoms. The van der Waals surface area contributed by atoms with Crippen molar-refractivity contribution in [1.82, 2.24) is 0 Å². The summed E-state index contributed by atoms with van der Waals surface area (Å²) < 4.78 is 21.0. The van der Waals surface area contributed by atoms with E-state index in [4.69, 9.17) is 24.4 Å². The van der Waals surface area contributed by atoms with E-state index < -0.39 is 35.1 Å². The van der Waals surface area contributed by atoms with Crippen molar-refractivity contribution in [2.45, 2.75) is 12.3 Å². The first kappa shape index (κ1) is 21.0. The van der Waals surface area contributed by atoms with Crippen molar-refractivity contribution in [2.75, 3.05) is 32.8 Å². The van der Waals surface area contributed by atoms with E-state index in [1.165, 1.54) is 14.0 Å². The molecule has 1 aromatic carbocycles. The first-order valence-electron chi connectivity index (χ1n) is 8.62. The first-order chi connectivity index (χ1) is 13.8. The van der Waals surface area contributed by atoms with Gasteiger partial charge in [0.1, 0.15) is 17.8 Å². The van der Waals surface area contributed by atoms with Crippen LogP contribution in [0.5, 0.6) is 0 Å². The van der Waals surface area contributed by atoms with Crippen LogP contribution in [-0.4, -0.2) is 51.2 Å². The number of nitrogens with one attached hydrogen (secondary N) is 2. The SMILES string of the molecule is COCCOC(=O)C1C(=N)OC(C)=C(C(=O)OC)C12C(=O)Nc1ccc(Br)cc12. The van der Waals surface area contributed by atoms with E-state index in [1.807, 2.05) is 0 Å². The van der Waals surface area contributed by atoms with Gasteiger partial charge in [0.25, 0.3) is 0 Å². The molecule has 3 rings (SSSR count). The van der Waals surface area contributed by atoms with E-state index in [1.54, 1.807) is 18.2 Å². The summed E-state index contributed by atoms with van der Waals surface area (Å²) in [6, 6.07) is 4.98. The molecule has 2 N–H and O–H groups in total. The van der Waals surface area contributed by atoms with Crippen LogP contribution in [0, 0.1) is 11.3 Å². The number of amides is 1. The molecule has 0 saturated heterocycles. The minimum absolute atomic E-state index is 0.00534. The molecule has 1 spiro atoms. The molecule has 1 aromatic rings. The number of allylic oxidation sites excluding steroid dienone is 1. The second kappa shape index (κ2) is 7.96. The Morgan fingerprint density at radius 1 is 1.31 bits per heavy atom. The van der Waals surface area contributed by atoms with Gasteiger partial charge in [-0.15, -0.1) is 0 Å². The number of methoxy groups -OCH3 is 2. The van der Waals surface area contributed by atoms with Gasteiger partial charge in [-0.2, -0.15) is 0 Å². The Labute approximate surface area is 175 Å². The van der Waals surface area contributed by atoms with Crippen molar-refractivity contribution in [1.29, 1.82) is 5.41 Å². The summed E-state index contributed by atoms with van der Waals surface area (Å²) in [4.78, 5) is 39.0. The molecule has 2 unspecified atom stereocenters. The van der Waals surface area contributed by atoms with Gasteiger partial charge in [0.15, 0.2) is 5.92 Å². The highest BCUT2D eigenvalue weighted by Gasteiger charge is 2.65. The van der Waals surface area contributed by atoms with E-state index in [-0.39, 0.29) is 24.5 Å². The van der Waals surface area contributed by atoms with Crippen molar-refractivity contribution in [3.63, 3.8) is 0 Å². The van der Waals surface area contributed by atoms with Gasteiger partial charge in [0.2, 0.25) is 11.8 Å². The molecular formula is C19H19BrN2O7. The molecule has 2 atom stereocenters. The number of halogens is 1. The number of rotatable bonds is 5. The Bertz CT molecular complexity index is 942. The smallest absolute Gasteiger partial charge is 0.338 e. The molecule has 154 valence electrons. The Kier molecular flexibility index (Phi) is 5.76.